The summed E-state index contributed by atoms with van der Waals surface area (Å²) in [6, 6.07) is 17.0. The van der Waals surface area contributed by atoms with Crippen LogP contribution in [-0.4, -0.2) is 16.9 Å². The topological polar surface area (TPSA) is 72.7 Å². The molecule has 33 heavy (non-hydrogen) atoms. The number of carbonyl (C=O) groups is 1. The van der Waals surface area contributed by atoms with Crippen LogP contribution >= 0.6 is 11.6 Å². The van der Waals surface area contributed by atoms with Gasteiger partial charge in [-0.3, -0.25) is 14.9 Å². The minimum absolute atomic E-state index is 0.00290. The molecular weight excluding hydrogens is 440 g/mol. The monoisotopic (exact) mass is 462 g/mol. The summed E-state index contributed by atoms with van der Waals surface area (Å²) < 4.78 is 6.06. The number of anilines is 1. The van der Waals surface area contributed by atoms with Crippen LogP contribution < -0.4 is 9.64 Å². The Morgan fingerprint density at radius 1 is 1.12 bits per heavy atom. The Balaban J connectivity index is 1.42. The molecule has 2 aliphatic heterocycles. The van der Waals surface area contributed by atoms with Crippen LogP contribution in [0, 0.1) is 17.0 Å². The highest BCUT2D eigenvalue weighted by atomic mass is 35.5. The maximum Gasteiger partial charge on any atom is 0.270 e. The van der Waals surface area contributed by atoms with Gasteiger partial charge in [0, 0.05) is 35.3 Å². The lowest BCUT2D eigenvalue weighted by Crippen LogP contribution is -2.36. The average Bonchev–Trinajstić information content (AvgIpc) is 3.14. The molecule has 0 spiro atoms. The molecule has 2 heterocycles. The van der Waals surface area contributed by atoms with Gasteiger partial charge in [0.2, 0.25) is 0 Å². The number of nitro groups is 1. The second-order valence-corrected chi connectivity index (χ2v) is 8.93. The van der Waals surface area contributed by atoms with Gasteiger partial charge in [0.15, 0.2) is 0 Å². The minimum atomic E-state index is -0.427. The van der Waals surface area contributed by atoms with Crippen molar-refractivity contribution in [2.24, 2.45) is 0 Å². The van der Waals surface area contributed by atoms with Gasteiger partial charge in [-0.15, -0.1) is 11.6 Å². The minimum Gasteiger partial charge on any atom is -0.489 e. The number of hydrogen-bond acceptors (Lipinski definition) is 4. The van der Waals surface area contributed by atoms with Gasteiger partial charge in [-0.25, -0.2) is 0 Å². The van der Waals surface area contributed by atoms with Gasteiger partial charge in [0.25, 0.3) is 11.6 Å². The smallest absolute Gasteiger partial charge is 0.270 e. The Morgan fingerprint density at radius 2 is 1.91 bits per heavy atom. The lowest BCUT2D eigenvalue weighted by molar-refractivity contribution is -0.385. The van der Waals surface area contributed by atoms with Gasteiger partial charge in [-0.05, 0) is 72.2 Å². The Hall–Kier alpha value is -3.38. The third-order valence-electron chi connectivity index (χ3n) is 6.47. The summed E-state index contributed by atoms with van der Waals surface area (Å²) in [6.45, 7) is 2.10. The van der Waals surface area contributed by atoms with E-state index in [0.29, 0.717) is 16.9 Å². The Labute approximate surface area is 196 Å². The lowest BCUT2D eigenvalue weighted by Gasteiger charge is -2.23. The second kappa shape index (κ2) is 8.52. The van der Waals surface area contributed by atoms with Crippen LogP contribution in [0.4, 0.5) is 11.4 Å². The number of alkyl halides is 1. The number of carbonyl (C=O) groups excluding carboxylic acids is 1. The Bertz CT molecular complexity index is 1270. The fourth-order valence-corrected chi connectivity index (χ4v) is 5.03. The first-order valence-electron chi connectivity index (χ1n) is 11.0. The van der Waals surface area contributed by atoms with E-state index in [9.17, 15) is 14.9 Å². The van der Waals surface area contributed by atoms with Crippen LogP contribution in [0.15, 0.2) is 54.6 Å². The molecule has 7 heteroatoms. The number of halogens is 1. The Morgan fingerprint density at radius 3 is 2.70 bits per heavy atom. The maximum absolute atomic E-state index is 13.5. The highest BCUT2D eigenvalue weighted by Crippen LogP contribution is 2.39. The second-order valence-electron chi connectivity index (χ2n) is 8.66. The highest BCUT2D eigenvalue weighted by Gasteiger charge is 2.37. The Kier molecular flexibility index (Phi) is 5.54. The first kappa shape index (κ1) is 21.5. The van der Waals surface area contributed by atoms with Crippen molar-refractivity contribution in [2.75, 3.05) is 4.90 Å². The van der Waals surface area contributed by atoms with Crippen LogP contribution in [-0.2, 0) is 25.3 Å². The summed E-state index contributed by atoms with van der Waals surface area (Å²) in [6.07, 6.45) is 2.56. The molecule has 0 N–H and O–H groups in total. The molecule has 3 aromatic carbocycles. The molecule has 0 radical (unpaired) electrons. The summed E-state index contributed by atoms with van der Waals surface area (Å²) in [7, 11) is 0. The van der Waals surface area contributed by atoms with Crippen LogP contribution in [0.1, 0.15) is 44.6 Å². The van der Waals surface area contributed by atoms with Crippen molar-refractivity contribution < 1.29 is 14.5 Å². The van der Waals surface area contributed by atoms with Crippen LogP contribution in [0.25, 0.3) is 0 Å². The molecule has 5 rings (SSSR count). The number of fused-ring (bicyclic) bond motifs is 4. The van der Waals surface area contributed by atoms with Gasteiger partial charge < -0.3 is 9.64 Å². The number of para-hydroxylation sites is 1. The maximum atomic E-state index is 13.5. The summed E-state index contributed by atoms with van der Waals surface area (Å²) in [4.78, 5) is 26.3. The fourth-order valence-electron chi connectivity index (χ4n) is 4.88. The van der Waals surface area contributed by atoms with E-state index in [2.05, 4.69) is 6.07 Å². The zero-order valence-electron chi connectivity index (χ0n) is 18.2. The standard InChI is InChI=1S/C26H23ClN2O4/c1-16-8-23-19(6-7-21-12-20-4-2-3-5-24(20)28(21)26(23)30)13-25(16)33-15-18-9-17(14-27)10-22(11-18)29(31)32/h2-5,8-11,13,21H,6-7,12,14-15H2,1H3/t21-/m0/s1. The molecule has 168 valence electrons. The normalized spacial score (nSPS) is 16.6. The fraction of sp³-hybridized carbons (Fsp3) is 0.269. The van der Waals surface area contributed by atoms with Crippen LogP contribution in [0.3, 0.4) is 0 Å². The molecular formula is C26H23ClN2O4. The van der Waals surface area contributed by atoms with E-state index in [1.54, 1.807) is 0 Å². The van der Waals surface area contributed by atoms with E-state index in [-0.39, 0.29) is 30.1 Å². The van der Waals surface area contributed by atoms with Crippen LogP contribution in [0.2, 0.25) is 0 Å². The van der Waals surface area contributed by atoms with Crippen molar-refractivity contribution in [2.45, 2.75) is 44.7 Å². The summed E-state index contributed by atoms with van der Waals surface area (Å²) in [5, 5.41) is 11.2. The van der Waals surface area contributed by atoms with Crippen molar-refractivity contribution in [3.05, 3.63) is 98.1 Å². The summed E-state index contributed by atoms with van der Waals surface area (Å²) >= 11 is 5.90. The first-order valence-corrected chi connectivity index (χ1v) is 11.5. The largest absolute Gasteiger partial charge is 0.489 e. The van der Waals surface area contributed by atoms with E-state index >= 15 is 0 Å². The van der Waals surface area contributed by atoms with E-state index in [0.717, 1.165) is 41.6 Å². The third-order valence-corrected chi connectivity index (χ3v) is 6.77. The lowest BCUT2D eigenvalue weighted by atomic mass is 9.98. The van der Waals surface area contributed by atoms with Crippen molar-refractivity contribution in [3.8, 4) is 5.75 Å². The number of ether oxygens (including phenoxy) is 1. The van der Waals surface area contributed by atoms with E-state index < -0.39 is 4.92 Å². The molecule has 0 saturated heterocycles. The zero-order chi connectivity index (χ0) is 23.1. The number of amides is 1. The molecule has 2 aliphatic rings. The summed E-state index contributed by atoms with van der Waals surface area (Å²) in [5.74, 6) is 0.913. The van der Waals surface area contributed by atoms with Crippen molar-refractivity contribution in [3.63, 3.8) is 0 Å². The zero-order valence-corrected chi connectivity index (χ0v) is 19.0. The molecule has 6 nitrogen and oxygen atoms in total. The van der Waals surface area contributed by atoms with Crippen molar-refractivity contribution >= 4 is 28.9 Å². The quantitative estimate of drug-likeness (QED) is 0.275. The number of hydrogen-bond donors (Lipinski definition) is 0. The number of non-ortho nitro benzene ring substituents is 1. The molecule has 1 amide bonds. The van der Waals surface area contributed by atoms with E-state index in [1.165, 1.54) is 17.7 Å². The number of nitrogens with zero attached hydrogens (tertiary/aromatic N) is 2. The molecule has 3 aromatic rings. The molecule has 0 unspecified atom stereocenters. The van der Waals surface area contributed by atoms with Gasteiger partial charge in [-0.2, -0.15) is 0 Å². The van der Waals surface area contributed by atoms with Crippen molar-refractivity contribution in [1.29, 1.82) is 0 Å². The third kappa shape index (κ3) is 3.95. The number of benzene rings is 3. The van der Waals surface area contributed by atoms with E-state index in [4.69, 9.17) is 16.3 Å². The predicted molar refractivity (Wildman–Crippen MR) is 127 cm³/mol. The average molecular weight is 463 g/mol. The van der Waals surface area contributed by atoms with Gasteiger partial charge in [-0.1, -0.05) is 24.3 Å². The van der Waals surface area contributed by atoms with E-state index in [1.807, 2.05) is 48.2 Å². The molecule has 0 aromatic heterocycles. The molecule has 0 saturated carbocycles. The molecule has 0 bridgehead atoms. The van der Waals surface area contributed by atoms with Gasteiger partial charge in [0.05, 0.1) is 4.92 Å². The number of aryl methyl sites for hydroxylation is 2. The number of rotatable bonds is 5. The van der Waals surface area contributed by atoms with Gasteiger partial charge >= 0.3 is 0 Å². The highest BCUT2D eigenvalue weighted by molar-refractivity contribution is 6.17. The first-order chi connectivity index (χ1) is 15.9. The molecule has 1 atom stereocenters. The van der Waals surface area contributed by atoms with Crippen LogP contribution in [0.5, 0.6) is 5.75 Å². The number of nitro benzene ring substituents is 1. The SMILES string of the molecule is Cc1cc2c(cc1OCc1cc(CCl)cc([N+](=O)[O-])c1)CC[C@H]1Cc3ccccc3N1C2=O. The van der Waals surface area contributed by atoms with Crippen molar-refractivity contribution in [1.82, 2.24) is 0 Å². The van der Waals surface area contributed by atoms with Gasteiger partial charge in [0.1, 0.15) is 12.4 Å². The molecule has 0 aliphatic carbocycles. The summed E-state index contributed by atoms with van der Waals surface area (Å²) in [5.41, 5.74) is 6.15. The molecule has 0 fully saturated rings. The predicted octanol–water partition coefficient (Wildman–Crippen LogP) is 5.74.